The lowest BCUT2D eigenvalue weighted by Crippen LogP contribution is -2.31. The van der Waals surface area contributed by atoms with Crippen LogP contribution >= 0.6 is 0 Å². The number of H-pyrrole nitrogens is 1. The number of amides is 3. The largest absolute Gasteiger partial charge is 0.450 e. The van der Waals surface area contributed by atoms with E-state index in [-0.39, 0.29) is 17.6 Å². The summed E-state index contributed by atoms with van der Waals surface area (Å²) in [5.74, 6) is 0.128. The van der Waals surface area contributed by atoms with Crippen LogP contribution in [0.25, 0.3) is 0 Å². The molecule has 25 heavy (non-hydrogen) atoms. The number of anilines is 1. The van der Waals surface area contributed by atoms with Crippen LogP contribution in [0.15, 0.2) is 10.9 Å². The van der Waals surface area contributed by atoms with Crippen LogP contribution in [0.5, 0.6) is 0 Å². The fourth-order valence-electron chi connectivity index (χ4n) is 2.03. The number of aromatic nitrogens is 2. The Bertz CT molecular complexity index is 602. The van der Waals surface area contributed by atoms with Gasteiger partial charge in [0.05, 0.1) is 6.61 Å². The molecule has 3 amide bonds. The first-order valence-corrected chi connectivity index (χ1v) is 8.54. The first-order chi connectivity index (χ1) is 12.0. The van der Waals surface area contributed by atoms with E-state index >= 15 is 0 Å². The number of carbonyl (C=O) groups is 2. The Morgan fingerprint density at radius 2 is 1.84 bits per heavy atom. The van der Waals surface area contributed by atoms with Gasteiger partial charge in [0.25, 0.3) is 5.56 Å². The Morgan fingerprint density at radius 3 is 2.48 bits per heavy atom. The molecule has 1 rings (SSSR count). The smallest absolute Gasteiger partial charge is 0.407 e. The predicted octanol–water partition coefficient (Wildman–Crippen LogP) is 1.90. The molecular formula is C16H27N5O4. The SMILES string of the molecule is CCCOC(=O)NCCCCCCNC(=O)Nc1nc(C)cc(=O)[nH]1. The minimum absolute atomic E-state index is 0.128. The minimum Gasteiger partial charge on any atom is -0.450 e. The van der Waals surface area contributed by atoms with Crippen LogP contribution in [0, 0.1) is 6.92 Å². The molecule has 0 spiro atoms. The molecule has 140 valence electrons. The highest BCUT2D eigenvalue weighted by Gasteiger charge is 2.04. The standard InChI is InChI=1S/C16H27N5O4/c1-3-10-25-16(24)18-9-7-5-4-6-8-17-15(23)21-14-19-12(2)11-13(22)20-14/h11H,3-10H2,1-2H3,(H,18,24)(H3,17,19,20,21,22,23). The number of aromatic amines is 1. The zero-order valence-corrected chi connectivity index (χ0v) is 14.8. The van der Waals surface area contributed by atoms with Crippen LogP contribution in [-0.2, 0) is 4.74 Å². The van der Waals surface area contributed by atoms with E-state index in [0.29, 0.717) is 25.4 Å². The number of nitrogens with zero attached hydrogens (tertiary/aromatic N) is 1. The molecule has 0 aromatic carbocycles. The molecule has 0 fully saturated rings. The van der Waals surface area contributed by atoms with Crippen molar-refractivity contribution in [2.45, 2.75) is 46.0 Å². The van der Waals surface area contributed by atoms with Crippen LogP contribution in [0.3, 0.4) is 0 Å². The number of urea groups is 1. The van der Waals surface area contributed by atoms with Crippen molar-refractivity contribution in [1.29, 1.82) is 0 Å². The van der Waals surface area contributed by atoms with Gasteiger partial charge < -0.3 is 15.4 Å². The summed E-state index contributed by atoms with van der Waals surface area (Å²) in [6.45, 7) is 5.16. The minimum atomic E-state index is -0.408. The summed E-state index contributed by atoms with van der Waals surface area (Å²) in [6.07, 6.45) is 4.01. The summed E-state index contributed by atoms with van der Waals surface area (Å²) in [5.41, 5.74) is 0.223. The van der Waals surface area contributed by atoms with E-state index in [4.69, 9.17) is 4.74 Å². The number of hydrogen-bond acceptors (Lipinski definition) is 5. The Morgan fingerprint density at radius 1 is 1.16 bits per heavy atom. The number of aryl methyl sites for hydroxylation is 1. The van der Waals surface area contributed by atoms with Crippen LogP contribution in [0.4, 0.5) is 15.5 Å². The molecule has 0 unspecified atom stereocenters. The molecule has 1 aromatic heterocycles. The fourth-order valence-corrected chi connectivity index (χ4v) is 2.03. The maximum atomic E-state index is 11.7. The van der Waals surface area contributed by atoms with Crippen molar-refractivity contribution in [2.75, 3.05) is 25.0 Å². The Kier molecular flexibility index (Phi) is 9.72. The lowest BCUT2D eigenvalue weighted by atomic mass is 10.2. The van der Waals surface area contributed by atoms with Crippen LogP contribution in [0.2, 0.25) is 0 Å². The second kappa shape index (κ2) is 11.9. The van der Waals surface area contributed by atoms with Crippen molar-refractivity contribution in [2.24, 2.45) is 0 Å². The lowest BCUT2D eigenvalue weighted by Gasteiger charge is -2.07. The first kappa shape index (κ1) is 20.5. The fraction of sp³-hybridized carbons (Fsp3) is 0.625. The van der Waals surface area contributed by atoms with Gasteiger partial charge in [0.15, 0.2) is 0 Å². The summed E-state index contributed by atoms with van der Waals surface area (Å²) in [7, 11) is 0. The van der Waals surface area contributed by atoms with Crippen molar-refractivity contribution in [1.82, 2.24) is 20.6 Å². The Balaban J connectivity index is 2.03. The summed E-state index contributed by atoms with van der Waals surface area (Å²) in [4.78, 5) is 40.6. The molecule has 0 bridgehead atoms. The maximum absolute atomic E-state index is 11.7. The van der Waals surface area contributed by atoms with Gasteiger partial charge in [0, 0.05) is 24.8 Å². The van der Waals surface area contributed by atoms with Gasteiger partial charge in [-0.1, -0.05) is 19.8 Å². The zero-order chi connectivity index (χ0) is 18.5. The molecular weight excluding hydrogens is 326 g/mol. The molecule has 0 saturated heterocycles. The van der Waals surface area contributed by atoms with Gasteiger partial charge in [-0.3, -0.25) is 15.1 Å². The molecule has 1 aromatic rings. The first-order valence-electron chi connectivity index (χ1n) is 8.54. The van der Waals surface area contributed by atoms with Gasteiger partial charge >= 0.3 is 12.1 Å². The van der Waals surface area contributed by atoms with Gasteiger partial charge in [-0.05, 0) is 26.2 Å². The predicted molar refractivity (Wildman–Crippen MR) is 94.7 cm³/mol. The molecule has 4 N–H and O–H groups in total. The van der Waals surface area contributed by atoms with Crippen molar-refractivity contribution in [3.63, 3.8) is 0 Å². The maximum Gasteiger partial charge on any atom is 0.407 e. The van der Waals surface area contributed by atoms with E-state index < -0.39 is 6.03 Å². The van der Waals surface area contributed by atoms with E-state index in [9.17, 15) is 14.4 Å². The highest BCUT2D eigenvalue weighted by molar-refractivity contribution is 5.87. The molecule has 0 aliphatic heterocycles. The molecule has 0 aliphatic carbocycles. The number of rotatable bonds is 10. The molecule has 0 aliphatic rings. The number of ether oxygens (including phenoxy) is 1. The molecule has 9 nitrogen and oxygen atoms in total. The van der Waals surface area contributed by atoms with Gasteiger partial charge in [-0.2, -0.15) is 0 Å². The lowest BCUT2D eigenvalue weighted by molar-refractivity contribution is 0.146. The number of nitrogens with one attached hydrogen (secondary N) is 4. The van der Waals surface area contributed by atoms with Gasteiger partial charge in [-0.25, -0.2) is 14.6 Å². The molecule has 0 atom stereocenters. The molecule has 0 saturated carbocycles. The van der Waals surface area contributed by atoms with Crippen molar-refractivity contribution in [3.8, 4) is 0 Å². The molecule has 1 heterocycles. The number of carbonyl (C=O) groups excluding carboxylic acids is 2. The second-order valence-corrected chi connectivity index (χ2v) is 5.59. The van der Waals surface area contributed by atoms with Crippen molar-refractivity contribution >= 4 is 18.1 Å². The summed E-state index contributed by atoms with van der Waals surface area (Å²) in [6, 6.07) is 0.940. The van der Waals surface area contributed by atoms with E-state index in [1.807, 2.05) is 6.92 Å². The zero-order valence-electron chi connectivity index (χ0n) is 14.8. The third kappa shape index (κ3) is 10.0. The number of hydrogen-bond donors (Lipinski definition) is 4. The third-order valence-electron chi connectivity index (χ3n) is 3.20. The van der Waals surface area contributed by atoms with E-state index in [2.05, 4.69) is 25.9 Å². The Labute approximate surface area is 146 Å². The van der Waals surface area contributed by atoms with Crippen LogP contribution in [0.1, 0.15) is 44.7 Å². The monoisotopic (exact) mass is 353 g/mol. The van der Waals surface area contributed by atoms with Crippen LogP contribution < -0.4 is 21.5 Å². The summed E-state index contributed by atoms with van der Waals surface area (Å²) in [5, 5.41) is 7.87. The van der Waals surface area contributed by atoms with Gasteiger partial charge in [-0.15, -0.1) is 0 Å². The Hall–Kier alpha value is -2.58. The highest BCUT2D eigenvalue weighted by Crippen LogP contribution is 1.99. The molecule has 9 heteroatoms. The normalized spacial score (nSPS) is 10.2. The van der Waals surface area contributed by atoms with Crippen LogP contribution in [-0.4, -0.2) is 41.8 Å². The summed E-state index contributed by atoms with van der Waals surface area (Å²) < 4.78 is 4.89. The number of unbranched alkanes of at least 4 members (excludes halogenated alkanes) is 3. The van der Waals surface area contributed by atoms with E-state index in [1.165, 1.54) is 6.07 Å². The average molecular weight is 353 g/mol. The number of alkyl carbamates (subject to hydrolysis) is 1. The topological polar surface area (TPSA) is 125 Å². The average Bonchev–Trinajstić information content (AvgIpc) is 2.54. The quantitative estimate of drug-likeness (QED) is 0.478. The van der Waals surface area contributed by atoms with Crippen molar-refractivity contribution < 1.29 is 14.3 Å². The van der Waals surface area contributed by atoms with E-state index in [1.54, 1.807) is 6.92 Å². The third-order valence-corrected chi connectivity index (χ3v) is 3.20. The summed E-state index contributed by atoms with van der Waals surface area (Å²) >= 11 is 0. The van der Waals surface area contributed by atoms with E-state index in [0.717, 1.165) is 32.1 Å². The highest BCUT2D eigenvalue weighted by atomic mass is 16.5. The van der Waals surface area contributed by atoms with Gasteiger partial charge in [0.2, 0.25) is 5.95 Å². The molecule has 0 radical (unpaired) electrons. The van der Waals surface area contributed by atoms with Crippen molar-refractivity contribution in [3.05, 3.63) is 22.1 Å². The second-order valence-electron chi connectivity index (χ2n) is 5.59. The van der Waals surface area contributed by atoms with Gasteiger partial charge in [0.1, 0.15) is 0 Å².